The molecule has 134 valence electrons. The number of H-pyrrole nitrogens is 1. The van der Waals surface area contributed by atoms with Crippen molar-refractivity contribution in [3.63, 3.8) is 0 Å². The van der Waals surface area contributed by atoms with Gasteiger partial charge in [-0.2, -0.15) is 0 Å². The molecule has 1 amide bonds. The van der Waals surface area contributed by atoms with Crippen LogP contribution in [-0.4, -0.2) is 35.0 Å². The lowest BCUT2D eigenvalue weighted by molar-refractivity contribution is 0.0591. The second kappa shape index (κ2) is 7.22. The third-order valence-electron chi connectivity index (χ3n) is 4.69. The van der Waals surface area contributed by atoms with Crippen LogP contribution < -0.4 is 4.74 Å². The molecule has 3 aromatic rings. The standard InChI is InChI=1S/C20H18Cl2N2O2/c21-13-4-6-14(7-5-13)26-15-8-10-24(11-9-15)20(25)19-12-16-17(22)2-1-3-18(16)23-19/h1-7,12,15,23H,8-11H2. The Morgan fingerprint density at radius 1 is 1.08 bits per heavy atom. The van der Waals surface area contributed by atoms with Crippen molar-refractivity contribution >= 4 is 40.0 Å². The maximum atomic E-state index is 12.8. The van der Waals surface area contributed by atoms with Gasteiger partial charge in [0, 0.05) is 46.9 Å². The molecule has 2 heterocycles. The van der Waals surface area contributed by atoms with E-state index >= 15 is 0 Å². The van der Waals surface area contributed by atoms with E-state index < -0.39 is 0 Å². The minimum Gasteiger partial charge on any atom is -0.490 e. The number of ether oxygens (including phenoxy) is 1. The van der Waals surface area contributed by atoms with Gasteiger partial charge in [-0.1, -0.05) is 29.3 Å². The minimum atomic E-state index is 0.00205. The second-order valence-corrected chi connectivity index (χ2v) is 7.29. The van der Waals surface area contributed by atoms with Crippen LogP contribution in [0.3, 0.4) is 0 Å². The molecule has 1 saturated heterocycles. The summed E-state index contributed by atoms with van der Waals surface area (Å²) in [6, 6.07) is 14.8. The van der Waals surface area contributed by atoms with Gasteiger partial charge in [-0.05, 0) is 42.5 Å². The highest BCUT2D eigenvalue weighted by atomic mass is 35.5. The molecule has 2 aromatic carbocycles. The first-order valence-electron chi connectivity index (χ1n) is 8.59. The number of hydrogen-bond acceptors (Lipinski definition) is 2. The van der Waals surface area contributed by atoms with Crippen molar-refractivity contribution in [1.29, 1.82) is 0 Å². The van der Waals surface area contributed by atoms with Crippen LogP contribution in [0.15, 0.2) is 48.5 Å². The molecule has 4 nitrogen and oxygen atoms in total. The number of nitrogens with one attached hydrogen (secondary N) is 1. The van der Waals surface area contributed by atoms with Crippen molar-refractivity contribution in [3.8, 4) is 5.75 Å². The number of likely N-dealkylation sites (tertiary alicyclic amines) is 1. The number of rotatable bonds is 3. The van der Waals surface area contributed by atoms with Crippen LogP contribution in [0, 0.1) is 0 Å². The van der Waals surface area contributed by atoms with Crippen molar-refractivity contribution in [3.05, 3.63) is 64.3 Å². The van der Waals surface area contributed by atoms with Gasteiger partial charge in [0.15, 0.2) is 0 Å². The van der Waals surface area contributed by atoms with Gasteiger partial charge in [0.2, 0.25) is 0 Å². The normalized spacial score (nSPS) is 15.4. The van der Waals surface area contributed by atoms with Crippen LogP contribution in [0.4, 0.5) is 0 Å². The van der Waals surface area contributed by atoms with E-state index in [-0.39, 0.29) is 12.0 Å². The summed E-state index contributed by atoms with van der Waals surface area (Å²) in [7, 11) is 0. The van der Waals surface area contributed by atoms with Gasteiger partial charge in [0.25, 0.3) is 5.91 Å². The number of halogens is 2. The maximum Gasteiger partial charge on any atom is 0.270 e. The van der Waals surface area contributed by atoms with Crippen LogP contribution in [0.25, 0.3) is 10.9 Å². The molecule has 1 fully saturated rings. The smallest absolute Gasteiger partial charge is 0.270 e. The topological polar surface area (TPSA) is 45.3 Å². The third kappa shape index (κ3) is 3.53. The Morgan fingerprint density at radius 2 is 1.81 bits per heavy atom. The van der Waals surface area contributed by atoms with Gasteiger partial charge in [0.1, 0.15) is 17.5 Å². The maximum absolute atomic E-state index is 12.8. The predicted octanol–water partition coefficient (Wildman–Crippen LogP) is 5.16. The van der Waals surface area contributed by atoms with E-state index in [0.717, 1.165) is 29.5 Å². The molecule has 0 spiro atoms. The van der Waals surface area contributed by atoms with Gasteiger partial charge in [-0.15, -0.1) is 0 Å². The first-order chi connectivity index (χ1) is 12.6. The number of aromatic nitrogens is 1. The number of piperidine rings is 1. The lowest BCUT2D eigenvalue weighted by atomic mass is 10.1. The number of aromatic amines is 1. The van der Waals surface area contributed by atoms with Crippen molar-refractivity contribution in [2.45, 2.75) is 18.9 Å². The third-order valence-corrected chi connectivity index (χ3v) is 5.27. The predicted molar refractivity (Wildman–Crippen MR) is 104 cm³/mol. The fourth-order valence-corrected chi connectivity index (χ4v) is 3.64. The largest absolute Gasteiger partial charge is 0.490 e. The molecule has 0 aliphatic carbocycles. The SMILES string of the molecule is O=C(c1cc2c(Cl)cccc2[nH]1)N1CCC(Oc2ccc(Cl)cc2)CC1. The molecular formula is C20H18Cl2N2O2. The molecule has 4 rings (SSSR count). The van der Waals surface area contributed by atoms with Crippen LogP contribution in [-0.2, 0) is 0 Å². The number of carbonyl (C=O) groups excluding carboxylic acids is 1. The van der Waals surface area contributed by atoms with Crippen LogP contribution in [0.2, 0.25) is 10.0 Å². The fourth-order valence-electron chi connectivity index (χ4n) is 3.29. The summed E-state index contributed by atoms with van der Waals surface area (Å²) in [5.74, 6) is 0.812. The summed E-state index contributed by atoms with van der Waals surface area (Å²) >= 11 is 12.1. The number of fused-ring (bicyclic) bond motifs is 1. The minimum absolute atomic E-state index is 0.00205. The molecule has 0 unspecified atom stereocenters. The number of nitrogens with zero attached hydrogens (tertiary/aromatic N) is 1. The van der Waals surface area contributed by atoms with E-state index in [0.29, 0.717) is 28.8 Å². The van der Waals surface area contributed by atoms with Gasteiger partial charge in [0.05, 0.1) is 0 Å². The number of benzene rings is 2. The van der Waals surface area contributed by atoms with Crippen LogP contribution in [0.1, 0.15) is 23.3 Å². The Labute approximate surface area is 161 Å². The number of amides is 1. The lowest BCUT2D eigenvalue weighted by Gasteiger charge is -2.32. The van der Waals surface area contributed by atoms with Crippen molar-refractivity contribution in [2.75, 3.05) is 13.1 Å². The number of hydrogen-bond donors (Lipinski definition) is 1. The molecule has 26 heavy (non-hydrogen) atoms. The average molecular weight is 389 g/mol. The molecule has 6 heteroatoms. The van der Waals surface area contributed by atoms with Crippen LogP contribution in [0.5, 0.6) is 5.75 Å². The molecule has 0 atom stereocenters. The Balaban J connectivity index is 1.39. The highest BCUT2D eigenvalue weighted by Crippen LogP contribution is 2.26. The molecule has 0 saturated carbocycles. The summed E-state index contributed by atoms with van der Waals surface area (Å²) < 4.78 is 5.99. The zero-order valence-corrected chi connectivity index (χ0v) is 15.6. The lowest BCUT2D eigenvalue weighted by Crippen LogP contribution is -2.41. The van der Waals surface area contributed by atoms with E-state index in [1.165, 1.54) is 0 Å². The Kier molecular flexibility index (Phi) is 4.79. The second-order valence-electron chi connectivity index (χ2n) is 6.45. The quantitative estimate of drug-likeness (QED) is 0.673. The molecule has 1 aliphatic rings. The zero-order valence-electron chi connectivity index (χ0n) is 14.0. The fraction of sp³-hybridized carbons (Fsp3) is 0.250. The van der Waals surface area contributed by atoms with Crippen molar-refractivity contribution < 1.29 is 9.53 Å². The van der Waals surface area contributed by atoms with Crippen molar-refractivity contribution in [2.24, 2.45) is 0 Å². The van der Waals surface area contributed by atoms with Gasteiger partial charge in [-0.3, -0.25) is 4.79 Å². The molecule has 1 aromatic heterocycles. The Morgan fingerprint density at radius 3 is 2.50 bits per heavy atom. The highest BCUT2D eigenvalue weighted by molar-refractivity contribution is 6.35. The summed E-state index contributed by atoms with van der Waals surface area (Å²) in [5.41, 5.74) is 1.45. The molecule has 0 bridgehead atoms. The van der Waals surface area contributed by atoms with E-state index in [4.69, 9.17) is 27.9 Å². The molecular weight excluding hydrogens is 371 g/mol. The zero-order chi connectivity index (χ0) is 18.1. The summed E-state index contributed by atoms with van der Waals surface area (Å²) in [4.78, 5) is 17.8. The highest BCUT2D eigenvalue weighted by Gasteiger charge is 2.25. The van der Waals surface area contributed by atoms with E-state index in [2.05, 4.69) is 4.98 Å². The summed E-state index contributed by atoms with van der Waals surface area (Å²) in [5, 5.41) is 2.21. The van der Waals surface area contributed by atoms with Gasteiger partial charge >= 0.3 is 0 Å². The molecule has 0 radical (unpaired) electrons. The monoisotopic (exact) mass is 388 g/mol. The first-order valence-corrected chi connectivity index (χ1v) is 9.34. The van der Waals surface area contributed by atoms with E-state index in [1.54, 1.807) is 0 Å². The molecule has 1 N–H and O–H groups in total. The van der Waals surface area contributed by atoms with E-state index in [9.17, 15) is 4.79 Å². The number of carbonyl (C=O) groups is 1. The molecule has 1 aliphatic heterocycles. The Hall–Kier alpha value is -2.17. The summed E-state index contributed by atoms with van der Waals surface area (Å²) in [6.07, 6.45) is 1.71. The summed E-state index contributed by atoms with van der Waals surface area (Å²) in [6.45, 7) is 1.33. The van der Waals surface area contributed by atoms with Gasteiger partial charge < -0.3 is 14.6 Å². The first kappa shape index (κ1) is 17.3. The average Bonchev–Trinajstić information content (AvgIpc) is 3.09. The van der Waals surface area contributed by atoms with E-state index in [1.807, 2.05) is 53.4 Å². The van der Waals surface area contributed by atoms with Crippen LogP contribution >= 0.6 is 23.2 Å². The van der Waals surface area contributed by atoms with Gasteiger partial charge in [-0.25, -0.2) is 0 Å². The Bertz CT molecular complexity index is 929. The van der Waals surface area contributed by atoms with Crippen molar-refractivity contribution in [1.82, 2.24) is 9.88 Å².